The molecule has 1 aromatic heterocycles. The van der Waals surface area contributed by atoms with E-state index >= 15 is 0 Å². The molecule has 0 radical (unpaired) electrons. The highest BCUT2D eigenvalue weighted by molar-refractivity contribution is 6.05. The molecular formula is C16H19N3O. The summed E-state index contributed by atoms with van der Waals surface area (Å²) in [5.74, 6) is 0.104. The fraction of sp³-hybridized carbons (Fsp3) is 0.375. The number of para-hydroxylation sites is 1. The van der Waals surface area contributed by atoms with Gasteiger partial charge in [0.25, 0.3) is 5.91 Å². The summed E-state index contributed by atoms with van der Waals surface area (Å²) < 4.78 is 0. The van der Waals surface area contributed by atoms with Crippen LogP contribution in [0.1, 0.15) is 23.2 Å². The van der Waals surface area contributed by atoms with E-state index in [1.54, 1.807) is 6.20 Å². The molecule has 1 amide bonds. The highest BCUT2D eigenvalue weighted by atomic mass is 16.2. The van der Waals surface area contributed by atoms with Gasteiger partial charge in [-0.1, -0.05) is 18.2 Å². The molecule has 4 heteroatoms. The highest BCUT2D eigenvalue weighted by Gasteiger charge is 2.29. The van der Waals surface area contributed by atoms with E-state index in [0.29, 0.717) is 11.6 Å². The zero-order valence-electron chi connectivity index (χ0n) is 11.7. The molecule has 1 N–H and O–H groups in total. The zero-order chi connectivity index (χ0) is 13.9. The Bertz CT molecular complexity index is 621. The second-order valence-corrected chi connectivity index (χ2v) is 5.23. The Balaban J connectivity index is 1.96. The third-order valence-corrected chi connectivity index (χ3v) is 3.94. The lowest BCUT2D eigenvalue weighted by Crippen LogP contribution is -2.40. The summed E-state index contributed by atoms with van der Waals surface area (Å²) in [4.78, 5) is 19.2. The summed E-state index contributed by atoms with van der Waals surface area (Å²) in [7, 11) is 1.93. The van der Waals surface area contributed by atoms with Crippen LogP contribution in [0.25, 0.3) is 10.9 Å². The van der Waals surface area contributed by atoms with Crippen LogP contribution in [0, 0.1) is 0 Å². The predicted molar refractivity (Wildman–Crippen MR) is 79.7 cm³/mol. The molecule has 0 bridgehead atoms. The number of rotatable bonds is 3. The Morgan fingerprint density at radius 2 is 2.25 bits per heavy atom. The summed E-state index contributed by atoms with van der Waals surface area (Å²) in [6.45, 7) is 1.69. The fourth-order valence-corrected chi connectivity index (χ4v) is 2.98. The molecule has 1 fully saturated rings. The van der Waals surface area contributed by atoms with Crippen molar-refractivity contribution >= 4 is 16.8 Å². The van der Waals surface area contributed by atoms with Crippen LogP contribution in [-0.4, -0.2) is 42.0 Å². The van der Waals surface area contributed by atoms with Gasteiger partial charge in [0.2, 0.25) is 0 Å². The number of hydrogen-bond donors (Lipinski definition) is 1. The second-order valence-electron chi connectivity index (χ2n) is 5.23. The van der Waals surface area contributed by atoms with Crippen LogP contribution in [0.2, 0.25) is 0 Å². The quantitative estimate of drug-likeness (QED) is 0.927. The van der Waals surface area contributed by atoms with Crippen molar-refractivity contribution in [3.05, 3.63) is 42.1 Å². The van der Waals surface area contributed by atoms with Crippen LogP contribution < -0.4 is 5.32 Å². The average molecular weight is 269 g/mol. The van der Waals surface area contributed by atoms with Gasteiger partial charge in [-0.2, -0.15) is 0 Å². The highest BCUT2D eigenvalue weighted by Crippen LogP contribution is 2.23. The van der Waals surface area contributed by atoms with Crippen LogP contribution in [0.4, 0.5) is 0 Å². The van der Waals surface area contributed by atoms with Crippen molar-refractivity contribution in [2.75, 3.05) is 20.1 Å². The van der Waals surface area contributed by atoms with Gasteiger partial charge in [0.1, 0.15) is 0 Å². The molecule has 1 aromatic carbocycles. The Labute approximate surface area is 118 Å². The Morgan fingerprint density at radius 1 is 1.40 bits per heavy atom. The van der Waals surface area contributed by atoms with Crippen LogP contribution in [0.5, 0.6) is 0 Å². The topological polar surface area (TPSA) is 45.2 Å². The number of likely N-dealkylation sites (N-methyl/N-ethyl adjacent to an activating group) is 1. The fourth-order valence-electron chi connectivity index (χ4n) is 2.98. The Hall–Kier alpha value is -1.94. The van der Waals surface area contributed by atoms with Crippen LogP contribution in [0.15, 0.2) is 36.5 Å². The number of pyridine rings is 1. The minimum Gasteiger partial charge on any atom is -0.334 e. The van der Waals surface area contributed by atoms with Gasteiger partial charge in [0.05, 0.1) is 11.1 Å². The maximum Gasteiger partial charge on any atom is 0.256 e. The predicted octanol–water partition coefficient (Wildman–Crippen LogP) is 2.06. The van der Waals surface area contributed by atoms with Crippen molar-refractivity contribution < 1.29 is 4.79 Å². The van der Waals surface area contributed by atoms with Crippen molar-refractivity contribution in [2.24, 2.45) is 0 Å². The molecule has 2 heterocycles. The number of carbonyl (C=O) groups is 1. The molecule has 0 saturated carbocycles. The van der Waals surface area contributed by atoms with Gasteiger partial charge >= 0.3 is 0 Å². The maximum absolute atomic E-state index is 12.8. The first-order valence-electron chi connectivity index (χ1n) is 7.10. The van der Waals surface area contributed by atoms with Gasteiger partial charge in [-0.25, -0.2) is 0 Å². The molecule has 1 aliphatic rings. The standard InChI is InChI=1S/C16H19N3O/c1-17-11-13-7-4-10-19(13)16(20)14-8-2-5-12-6-3-9-18-15(12)14/h2-3,5-6,8-9,13,17H,4,7,10-11H2,1H3. The summed E-state index contributed by atoms with van der Waals surface area (Å²) in [6.07, 6.45) is 3.90. The average Bonchev–Trinajstić information content (AvgIpc) is 2.94. The summed E-state index contributed by atoms with van der Waals surface area (Å²) >= 11 is 0. The lowest BCUT2D eigenvalue weighted by Gasteiger charge is -2.25. The minimum absolute atomic E-state index is 0.104. The molecule has 104 valence electrons. The van der Waals surface area contributed by atoms with Crippen molar-refractivity contribution in [1.82, 2.24) is 15.2 Å². The van der Waals surface area contributed by atoms with Crippen LogP contribution in [0.3, 0.4) is 0 Å². The van der Waals surface area contributed by atoms with Gasteiger partial charge in [-0.15, -0.1) is 0 Å². The van der Waals surface area contributed by atoms with E-state index in [1.165, 1.54) is 0 Å². The van der Waals surface area contributed by atoms with E-state index in [1.807, 2.05) is 42.3 Å². The summed E-state index contributed by atoms with van der Waals surface area (Å²) in [6, 6.07) is 10.00. The van der Waals surface area contributed by atoms with Crippen LogP contribution >= 0.6 is 0 Å². The Morgan fingerprint density at radius 3 is 3.10 bits per heavy atom. The second kappa shape index (κ2) is 5.59. The molecule has 1 unspecified atom stereocenters. The van der Waals surface area contributed by atoms with Crippen LogP contribution in [-0.2, 0) is 0 Å². The molecule has 3 rings (SSSR count). The maximum atomic E-state index is 12.8. The van der Waals surface area contributed by atoms with Crippen molar-refractivity contribution in [1.29, 1.82) is 0 Å². The van der Waals surface area contributed by atoms with E-state index in [0.717, 1.165) is 36.8 Å². The summed E-state index contributed by atoms with van der Waals surface area (Å²) in [5, 5.41) is 4.19. The minimum atomic E-state index is 0.104. The smallest absolute Gasteiger partial charge is 0.256 e. The van der Waals surface area contributed by atoms with E-state index < -0.39 is 0 Å². The van der Waals surface area contributed by atoms with Gasteiger partial charge in [-0.3, -0.25) is 9.78 Å². The first-order valence-corrected chi connectivity index (χ1v) is 7.10. The van der Waals surface area contributed by atoms with E-state index in [-0.39, 0.29) is 5.91 Å². The van der Waals surface area contributed by atoms with Gasteiger partial charge in [0, 0.05) is 30.7 Å². The zero-order valence-corrected chi connectivity index (χ0v) is 11.7. The molecule has 20 heavy (non-hydrogen) atoms. The number of aromatic nitrogens is 1. The van der Waals surface area contributed by atoms with Crippen molar-refractivity contribution in [3.63, 3.8) is 0 Å². The molecule has 1 atom stereocenters. The first kappa shape index (κ1) is 13.1. The normalized spacial score (nSPS) is 18.6. The van der Waals surface area contributed by atoms with Crippen molar-refractivity contribution in [3.8, 4) is 0 Å². The number of hydrogen-bond acceptors (Lipinski definition) is 3. The van der Waals surface area contributed by atoms with E-state index in [9.17, 15) is 4.79 Å². The third-order valence-electron chi connectivity index (χ3n) is 3.94. The molecule has 1 aliphatic heterocycles. The third kappa shape index (κ3) is 2.27. The van der Waals surface area contributed by atoms with Gasteiger partial charge < -0.3 is 10.2 Å². The van der Waals surface area contributed by atoms with Gasteiger partial charge in [-0.05, 0) is 32.0 Å². The molecule has 0 spiro atoms. The SMILES string of the molecule is CNCC1CCCN1C(=O)c1cccc2cccnc12. The summed E-state index contributed by atoms with van der Waals surface area (Å²) in [5.41, 5.74) is 1.52. The van der Waals surface area contributed by atoms with E-state index in [2.05, 4.69) is 10.3 Å². The van der Waals surface area contributed by atoms with Crippen molar-refractivity contribution in [2.45, 2.75) is 18.9 Å². The molecule has 4 nitrogen and oxygen atoms in total. The monoisotopic (exact) mass is 269 g/mol. The lowest BCUT2D eigenvalue weighted by molar-refractivity contribution is 0.0739. The Kier molecular flexibility index (Phi) is 3.65. The number of benzene rings is 1. The first-order chi connectivity index (χ1) is 9.81. The number of fused-ring (bicyclic) bond motifs is 1. The molecule has 1 saturated heterocycles. The largest absolute Gasteiger partial charge is 0.334 e. The number of carbonyl (C=O) groups excluding carboxylic acids is 1. The van der Waals surface area contributed by atoms with E-state index in [4.69, 9.17) is 0 Å². The number of nitrogens with one attached hydrogen (secondary N) is 1. The molecule has 0 aliphatic carbocycles. The lowest BCUT2D eigenvalue weighted by atomic mass is 10.1. The van der Waals surface area contributed by atoms with Gasteiger partial charge in [0.15, 0.2) is 0 Å². The number of nitrogens with zero attached hydrogens (tertiary/aromatic N) is 2. The molecule has 2 aromatic rings. The number of amides is 1. The number of likely N-dealkylation sites (tertiary alicyclic amines) is 1. The molecular weight excluding hydrogens is 250 g/mol.